The Labute approximate surface area is 105 Å². The van der Waals surface area contributed by atoms with Crippen molar-refractivity contribution in [1.82, 2.24) is 4.90 Å². The predicted octanol–water partition coefficient (Wildman–Crippen LogP) is 1.31. The molecule has 1 aliphatic heterocycles. The van der Waals surface area contributed by atoms with E-state index in [1.54, 1.807) is 0 Å². The molecule has 1 aromatic carbocycles. The molecule has 0 radical (unpaired) electrons. The number of anilines is 1. The lowest BCUT2D eigenvalue weighted by Gasteiger charge is -2.17. The van der Waals surface area contributed by atoms with Crippen LogP contribution in [0.2, 0.25) is 0 Å². The number of carbonyl (C=O) groups is 2. The molecule has 0 fully saturated rings. The number of rotatable bonds is 4. The van der Waals surface area contributed by atoms with Gasteiger partial charge >= 0.3 is 0 Å². The fourth-order valence-corrected chi connectivity index (χ4v) is 2.04. The third-order valence-electron chi connectivity index (χ3n) is 2.92. The van der Waals surface area contributed by atoms with Gasteiger partial charge in [-0.2, -0.15) is 0 Å². The van der Waals surface area contributed by atoms with Crippen LogP contribution in [-0.2, 0) is 4.79 Å². The van der Waals surface area contributed by atoms with Crippen molar-refractivity contribution >= 4 is 17.4 Å². The summed E-state index contributed by atoms with van der Waals surface area (Å²) in [6.07, 6.45) is 0.767. The third-order valence-corrected chi connectivity index (χ3v) is 2.92. The van der Waals surface area contributed by atoms with Crippen LogP contribution in [0.25, 0.3) is 0 Å². The quantitative estimate of drug-likeness (QED) is 0.756. The summed E-state index contributed by atoms with van der Waals surface area (Å²) in [7, 11) is 3.89. The summed E-state index contributed by atoms with van der Waals surface area (Å²) in [4.78, 5) is 26.9. The Balaban J connectivity index is 2.18. The van der Waals surface area contributed by atoms with E-state index in [-0.39, 0.29) is 5.56 Å². The summed E-state index contributed by atoms with van der Waals surface area (Å²) in [6.45, 7) is 1.30. The van der Waals surface area contributed by atoms with Crippen LogP contribution < -0.4 is 4.90 Å². The molecule has 1 aromatic rings. The molecular formula is C13H15FN2O2. The fraction of sp³-hybridized carbons (Fsp3) is 0.385. The molecule has 1 aliphatic rings. The van der Waals surface area contributed by atoms with E-state index in [0.717, 1.165) is 19.0 Å². The van der Waals surface area contributed by atoms with Gasteiger partial charge in [-0.3, -0.25) is 9.59 Å². The molecular weight excluding hydrogens is 235 g/mol. The molecule has 0 bridgehead atoms. The predicted molar refractivity (Wildman–Crippen MR) is 66.3 cm³/mol. The van der Waals surface area contributed by atoms with Crippen LogP contribution in [-0.4, -0.2) is 43.8 Å². The van der Waals surface area contributed by atoms with Crippen molar-refractivity contribution in [3.05, 3.63) is 29.6 Å². The molecule has 0 unspecified atom stereocenters. The monoisotopic (exact) mass is 250 g/mol. The van der Waals surface area contributed by atoms with E-state index < -0.39 is 17.5 Å². The minimum Gasteiger partial charge on any atom is -0.309 e. The number of hydrogen-bond acceptors (Lipinski definition) is 3. The Morgan fingerprint density at radius 2 is 2.00 bits per heavy atom. The zero-order valence-electron chi connectivity index (χ0n) is 10.4. The summed E-state index contributed by atoms with van der Waals surface area (Å²) < 4.78 is 13.1. The van der Waals surface area contributed by atoms with Crippen molar-refractivity contribution in [2.45, 2.75) is 6.42 Å². The van der Waals surface area contributed by atoms with Gasteiger partial charge in [0, 0.05) is 6.54 Å². The molecule has 0 aliphatic carbocycles. The molecule has 1 amide bonds. The number of ketones is 1. The lowest BCUT2D eigenvalue weighted by Crippen LogP contribution is -2.32. The first-order chi connectivity index (χ1) is 8.50. The molecule has 4 nitrogen and oxygen atoms in total. The van der Waals surface area contributed by atoms with E-state index in [4.69, 9.17) is 0 Å². The Bertz CT molecular complexity index is 500. The number of fused-ring (bicyclic) bond motifs is 1. The van der Waals surface area contributed by atoms with Gasteiger partial charge in [-0.1, -0.05) is 0 Å². The van der Waals surface area contributed by atoms with Crippen molar-refractivity contribution in [2.24, 2.45) is 0 Å². The molecule has 0 saturated heterocycles. The molecule has 0 N–H and O–H groups in total. The summed E-state index contributed by atoms with van der Waals surface area (Å²) in [5, 5.41) is 0. The van der Waals surface area contributed by atoms with Crippen LogP contribution in [0.3, 0.4) is 0 Å². The van der Waals surface area contributed by atoms with Gasteiger partial charge in [0.1, 0.15) is 5.82 Å². The van der Waals surface area contributed by atoms with Gasteiger partial charge in [-0.05, 0) is 45.3 Å². The fourth-order valence-electron chi connectivity index (χ4n) is 2.04. The zero-order chi connectivity index (χ0) is 13.3. The van der Waals surface area contributed by atoms with Crippen molar-refractivity contribution in [2.75, 3.05) is 32.1 Å². The largest absolute Gasteiger partial charge is 0.309 e. The maximum atomic E-state index is 13.1. The van der Waals surface area contributed by atoms with Gasteiger partial charge in [-0.15, -0.1) is 0 Å². The van der Waals surface area contributed by atoms with E-state index in [2.05, 4.69) is 0 Å². The van der Waals surface area contributed by atoms with Crippen molar-refractivity contribution in [1.29, 1.82) is 0 Å². The molecule has 96 valence electrons. The van der Waals surface area contributed by atoms with Crippen molar-refractivity contribution < 1.29 is 14.0 Å². The normalized spacial score (nSPS) is 14.6. The number of carbonyl (C=O) groups excluding carboxylic acids is 2. The molecule has 0 atom stereocenters. The topological polar surface area (TPSA) is 40.6 Å². The highest BCUT2D eigenvalue weighted by molar-refractivity contribution is 6.52. The lowest BCUT2D eigenvalue weighted by atomic mass is 10.1. The van der Waals surface area contributed by atoms with Gasteiger partial charge in [0.05, 0.1) is 11.3 Å². The molecule has 0 spiro atoms. The Kier molecular flexibility index (Phi) is 3.43. The van der Waals surface area contributed by atoms with Crippen LogP contribution in [0.15, 0.2) is 18.2 Å². The zero-order valence-corrected chi connectivity index (χ0v) is 10.4. The molecule has 1 heterocycles. The number of hydrogen-bond donors (Lipinski definition) is 0. The van der Waals surface area contributed by atoms with E-state index in [9.17, 15) is 14.0 Å². The average Bonchev–Trinajstić information content (AvgIpc) is 2.54. The van der Waals surface area contributed by atoms with Gasteiger partial charge in [0.15, 0.2) is 0 Å². The smallest absolute Gasteiger partial charge is 0.299 e. The SMILES string of the molecule is CN(C)CCCN1C(=O)C(=O)c2cc(F)ccc21. The molecule has 0 saturated carbocycles. The highest BCUT2D eigenvalue weighted by atomic mass is 19.1. The minimum atomic E-state index is -0.616. The maximum absolute atomic E-state index is 13.1. The first-order valence-electron chi connectivity index (χ1n) is 5.81. The summed E-state index contributed by atoms with van der Waals surface area (Å²) >= 11 is 0. The second kappa shape index (κ2) is 4.86. The van der Waals surface area contributed by atoms with E-state index >= 15 is 0 Å². The van der Waals surface area contributed by atoms with Crippen LogP contribution >= 0.6 is 0 Å². The summed E-state index contributed by atoms with van der Waals surface area (Å²) in [6, 6.07) is 3.88. The Morgan fingerprint density at radius 3 is 2.67 bits per heavy atom. The van der Waals surface area contributed by atoms with Gasteiger partial charge in [-0.25, -0.2) is 4.39 Å². The number of amides is 1. The average molecular weight is 250 g/mol. The lowest BCUT2D eigenvalue weighted by molar-refractivity contribution is -0.114. The van der Waals surface area contributed by atoms with Gasteiger partial charge in [0.25, 0.3) is 11.7 Å². The standard InChI is InChI=1S/C13H15FN2O2/c1-15(2)6-3-7-16-11-5-4-9(14)8-10(11)12(17)13(16)18/h4-5,8H,3,6-7H2,1-2H3. The third kappa shape index (κ3) is 2.26. The second-order valence-corrected chi connectivity index (χ2v) is 4.60. The second-order valence-electron chi connectivity index (χ2n) is 4.60. The van der Waals surface area contributed by atoms with Crippen LogP contribution in [0.1, 0.15) is 16.8 Å². The number of benzene rings is 1. The summed E-state index contributed by atoms with van der Waals surface area (Å²) in [5.41, 5.74) is 0.690. The van der Waals surface area contributed by atoms with Crippen molar-refractivity contribution in [3.63, 3.8) is 0 Å². The number of nitrogens with zero attached hydrogens (tertiary/aromatic N) is 2. The molecule has 0 aromatic heterocycles. The molecule has 18 heavy (non-hydrogen) atoms. The van der Waals surface area contributed by atoms with Crippen molar-refractivity contribution in [3.8, 4) is 0 Å². The van der Waals surface area contributed by atoms with E-state index in [1.165, 1.54) is 17.0 Å². The van der Waals surface area contributed by atoms with Gasteiger partial charge in [0.2, 0.25) is 0 Å². The summed E-state index contributed by atoms with van der Waals surface area (Å²) in [5.74, 6) is -1.67. The first kappa shape index (κ1) is 12.7. The highest BCUT2D eigenvalue weighted by Crippen LogP contribution is 2.29. The van der Waals surface area contributed by atoms with Crippen LogP contribution in [0.4, 0.5) is 10.1 Å². The highest BCUT2D eigenvalue weighted by Gasteiger charge is 2.35. The van der Waals surface area contributed by atoms with E-state index in [0.29, 0.717) is 12.2 Å². The Morgan fingerprint density at radius 1 is 1.28 bits per heavy atom. The Hall–Kier alpha value is -1.75. The number of Topliss-reactive ketones (excluding diaryl/α,β-unsaturated/α-hetero) is 1. The molecule has 2 rings (SSSR count). The van der Waals surface area contributed by atoms with Crippen LogP contribution in [0.5, 0.6) is 0 Å². The van der Waals surface area contributed by atoms with Crippen LogP contribution in [0, 0.1) is 5.82 Å². The first-order valence-corrected chi connectivity index (χ1v) is 5.81. The van der Waals surface area contributed by atoms with Gasteiger partial charge < -0.3 is 9.80 Å². The van der Waals surface area contributed by atoms with E-state index in [1.807, 2.05) is 19.0 Å². The number of halogens is 1. The minimum absolute atomic E-state index is 0.171. The maximum Gasteiger partial charge on any atom is 0.299 e. The molecule has 5 heteroatoms.